The van der Waals surface area contributed by atoms with Gasteiger partial charge in [-0.1, -0.05) is 18.0 Å². The zero-order valence-corrected chi connectivity index (χ0v) is 17.2. The Morgan fingerprint density at radius 1 is 1.00 bits per heavy atom. The highest BCUT2D eigenvalue weighted by molar-refractivity contribution is 7.89. The maximum Gasteiger partial charge on any atom is 0.338 e. The van der Waals surface area contributed by atoms with Crippen molar-refractivity contribution >= 4 is 39.1 Å². The molecule has 0 saturated carbocycles. The number of rotatable bonds is 6. The fraction of sp³-hybridized carbons (Fsp3) is 0.300. The van der Waals surface area contributed by atoms with Crippen molar-refractivity contribution in [3.05, 3.63) is 58.6 Å². The van der Waals surface area contributed by atoms with E-state index < -0.39 is 28.4 Å². The molecule has 0 aromatic heterocycles. The standard InChI is InChI=1S/C20H21ClN2O5S/c21-17-9-6-15(12-18(17)22)20(25)28-13-19(24)14-4-7-16(8-5-14)29(26,27)23-10-2-1-3-11-23/h4-9,12H,1-3,10-11,13,22H2. The number of ether oxygens (including phenoxy) is 1. The Kier molecular flexibility index (Phi) is 6.56. The Morgan fingerprint density at radius 2 is 1.62 bits per heavy atom. The van der Waals surface area contributed by atoms with Crippen LogP contribution >= 0.6 is 11.6 Å². The number of nitrogens with two attached hydrogens (primary N) is 1. The van der Waals surface area contributed by atoms with Crippen LogP contribution in [0.1, 0.15) is 40.0 Å². The molecule has 0 bridgehead atoms. The van der Waals surface area contributed by atoms with Crippen LogP contribution < -0.4 is 5.73 Å². The largest absolute Gasteiger partial charge is 0.454 e. The monoisotopic (exact) mass is 436 g/mol. The number of hydrogen-bond acceptors (Lipinski definition) is 6. The number of halogens is 1. The third kappa shape index (κ3) is 4.95. The fourth-order valence-corrected chi connectivity index (χ4v) is 4.67. The molecular formula is C20H21ClN2O5S. The molecule has 1 heterocycles. The molecular weight excluding hydrogens is 416 g/mol. The van der Waals surface area contributed by atoms with Crippen LogP contribution in [0.15, 0.2) is 47.4 Å². The number of esters is 1. The van der Waals surface area contributed by atoms with Crippen molar-refractivity contribution in [2.45, 2.75) is 24.2 Å². The Balaban J connectivity index is 1.62. The van der Waals surface area contributed by atoms with Crippen LogP contribution in [0.3, 0.4) is 0 Å². The van der Waals surface area contributed by atoms with Gasteiger partial charge in [0.05, 0.1) is 21.2 Å². The molecule has 3 rings (SSSR count). The second kappa shape index (κ2) is 8.94. The molecule has 2 aromatic rings. The number of ketones is 1. The first-order valence-electron chi connectivity index (χ1n) is 9.14. The molecule has 9 heteroatoms. The molecule has 154 valence electrons. The smallest absolute Gasteiger partial charge is 0.338 e. The van der Waals surface area contributed by atoms with Crippen LogP contribution in [0.4, 0.5) is 5.69 Å². The highest BCUT2D eigenvalue weighted by Crippen LogP contribution is 2.22. The second-order valence-electron chi connectivity index (χ2n) is 6.72. The van der Waals surface area contributed by atoms with E-state index >= 15 is 0 Å². The Morgan fingerprint density at radius 3 is 2.24 bits per heavy atom. The maximum atomic E-state index is 12.6. The van der Waals surface area contributed by atoms with E-state index in [0.717, 1.165) is 19.3 Å². The summed E-state index contributed by atoms with van der Waals surface area (Å²) in [5, 5.41) is 0.317. The van der Waals surface area contributed by atoms with Gasteiger partial charge < -0.3 is 10.5 Å². The van der Waals surface area contributed by atoms with E-state index in [1.54, 1.807) is 0 Å². The average molecular weight is 437 g/mol. The number of hydrogen-bond donors (Lipinski definition) is 1. The van der Waals surface area contributed by atoms with E-state index in [-0.39, 0.29) is 21.7 Å². The number of carbonyl (C=O) groups is 2. The van der Waals surface area contributed by atoms with Gasteiger partial charge in [0.2, 0.25) is 10.0 Å². The molecule has 7 nitrogen and oxygen atoms in total. The Bertz CT molecular complexity index is 1020. The molecule has 2 aromatic carbocycles. The lowest BCUT2D eigenvalue weighted by Gasteiger charge is -2.25. The summed E-state index contributed by atoms with van der Waals surface area (Å²) in [6.07, 6.45) is 2.72. The Labute approximate surface area is 174 Å². The van der Waals surface area contributed by atoms with Gasteiger partial charge in [-0.2, -0.15) is 4.31 Å². The molecule has 2 N–H and O–H groups in total. The van der Waals surface area contributed by atoms with Gasteiger partial charge in [-0.15, -0.1) is 0 Å². The van der Waals surface area contributed by atoms with Crippen molar-refractivity contribution < 1.29 is 22.7 Å². The van der Waals surface area contributed by atoms with Crippen molar-refractivity contribution in [2.24, 2.45) is 0 Å². The molecule has 1 fully saturated rings. The minimum Gasteiger partial charge on any atom is -0.454 e. The zero-order chi connectivity index (χ0) is 21.0. The number of anilines is 1. The van der Waals surface area contributed by atoms with Crippen LogP contribution in [0.5, 0.6) is 0 Å². The molecule has 0 unspecified atom stereocenters. The molecule has 0 spiro atoms. The SMILES string of the molecule is Nc1cc(C(=O)OCC(=O)c2ccc(S(=O)(=O)N3CCCCC3)cc2)ccc1Cl. The number of piperidine rings is 1. The summed E-state index contributed by atoms with van der Waals surface area (Å²) < 4.78 is 31.8. The minimum absolute atomic E-state index is 0.143. The third-order valence-corrected chi connectivity index (χ3v) is 6.95. The number of benzene rings is 2. The third-order valence-electron chi connectivity index (χ3n) is 4.70. The molecule has 0 amide bonds. The summed E-state index contributed by atoms with van der Waals surface area (Å²) in [5.74, 6) is -1.15. The normalized spacial score (nSPS) is 15.1. The number of sulfonamides is 1. The van der Waals surface area contributed by atoms with Crippen LogP contribution in [-0.4, -0.2) is 44.2 Å². The lowest BCUT2D eigenvalue weighted by Crippen LogP contribution is -2.35. The molecule has 0 aliphatic carbocycles. The summed E-state index contributed by atoms with van der Waals surface area (Å²) in [5.41, 5.74) is 6.32. The van der Waals surface area contributed by atoms with Crippen LogP contribution in [-0.2, 0) is 14.8 Å². The van der Waals surface area contributed by atoms with Crippen molar-refractivity contribution in [1.82, 2.24) is 4.31 Å². The van der Waals surface area contributed by atoms with Gasteiger partial charge >= 0.3 is 5.97 Å². The zero-order valence-electron chi connectivity index (χ0n) is 15.6. The van der Waals surface area contributed by atoms with Crippen LogP contribution in [0.25, 0.3) is 0 Å². The average Bonchev–Trinajstić information content (AvgIpc) is 2.74. The van der Waals surface area contributed by atoms with Gasteiger partial charge in [-0.25, -0.2) is 13.2 Å². The molecule has 1 saturated heterocycles. The molecule has 0 atom stereocenters. The summed E-state index contributed by atoms with van der Waals surface area (Å²) in [6.45, 7) is 0.544. The number of nitrogen functional groups attached to an aromatic ring is 1. The van der Waals surface area contributed by atoms with Crippen molar-refractivity contribution in [2.75, 3.05) is 25.4 Å². The van der Waals surface area contributed by atoms with E-state index in [4.69, 9.17) is 22.1 Å². The highest BCUT2D eigenvalue weighted by Gasteiger charge is 2.26. The van der Waals surface area contributed by atoms with Crippen molar-refractivity contribution in [3.63, 3.8) is 0 Å². The minimum atomic E-state index is -3.56. The van der Waals surface area contributed by atoms with Gasteiger partial charge in [-0.3, -0.25) is 4.79 Å². The van der Waals surface area contributed by atoms with E-state index in [0.29, 0.717) is 18.1 Å². The van der Waals surface area contributed by atoms with Crippen molar-refractivity contribution in [1.29, 1.82) is 0 Å². The molecule has 1 aliphatic rings. The van der Waals surface area contributed by atoms with Gasteiger partial charge in [-0.05, 0) is 55.3 Å². The van der Waals surface area contributed by atoms with E-state index in [9.17, 15) is 18.0 Å². The number of Topliss-reactive ketones (excluding diaryl/α,β-unsaturated/α-hetero) is 1. The maximum absolute atomic E-state index is 12.6. The van der Waals surface area contributed by atoms with Crippen molar-refractivity contribution in [3.8, 4) is 0 Å². The molecule has 0 radical (unpaired) electrons. The van der Waals surface area contributed by atoms with Gasteiger partial charge in [0.25, 0.3) is 0 Å². The second-order valence-corrected chi connectivity index (χ2v) is 9.07. The summed E-state index contributed by atoms with van der Waals surface area (Å²) in [7, 11) is -3.56. The first-order valence-corrected chi connectivity index (χ1v) is 11.0. The fourth-order valence-electron chi connectivity index (χ4n) is 3.04. The highest BCUT2D eigenvalue weighted by atomic mass is 35.5. The topological polar surface area (TPSA) is 107 Å². The summed E-state index contributed by atoms with van der Waals surface area (Å²) >= 11 is 5.81. The first kappa shape index (κ1) is 21.3. The van der Waals surface area contributed by atoms with Crippen LogP contribution in [0, 0.1) is 0 Å². The summed E-state index contributed by atoms with van der Waals surface area (Å²) in [6, 6.07) is 9.94. The van der Waals surface area contributed by atoms with E-state index in [1.165, 1.54) is 46.8 Å². The molecule has 1 aliphatic heterocycles. The van der Waals surface area contributed by atoms with E-state index in [2.05, 4.69) is 0 Å². The van der Waals surface area contributed by atoms with Gasteiger partial charge in [0, 0.05) is 18.7 Å². The summed E-state index contributed by atoms with van der Waals surface area (Å²) in [4.78, 5) is 24.5. The van der Waals surface area contributed by atoms with E-state index in [1.807, 2.05) is 0 Å². The number of nitrogens with zero attached hydrogens (tertiary/aromatic N) is 1. The quantitative estimate of drug-likeness (QED) is 0.423. The van der Waals surface area contributed by atoms with Gasteiger partial charge in [0.15, 0.2) is 12.4 Å². The lowest BCUT2D eigenvalue weighted by atomic mass is 10.1. The predicted molar refractivity (Wildman–Crippen MR) is 110 cm³/mol. The Hall–Kier alpha value is -2.42. The lowest BCUT2D eigenvalue weighted by molar-refractivity contribution is 0.0475. The van der Waals surface area contributed by atoms with Gasteiger partial charge in [0.1, 0.15) is 0 Å². The molecule has 29 heavy (non-hydrogen) atoms. The number of carbonyl (C=O) groups excluding carboxylic acids is 2. The van der Waals surface area contributed by atoms with Crippen LogP contribution in [0.2, 0.25) is 5.02 Å². The first-order chi connectivity index (χ1) is 13.8. The predicted octanol–water partition coefficient (Wildman–Crippen LogP) is 3.14.